The molecule has 0 bridgehead atoms. The average Bonchev–Trinajstić information content (AvgIpc) is 2.89. The Balaban J connectivity index is 5.95. The van der Waals surface area contributed by atoms with Crippen molar-refractivity contribution in [3.63, 3.8) is 0 Å². The molecule has 61 heavy (non-hydrogen) atoms. The summed E-state index contributed by atoms with van der Waals surface area (Å²) in [7, 11) is 0. The van der Waals surface area contributed by atoms with E-state index in [9.17, 15) is 9.59 Å². The van der Waals surface area contributed by atoms with Crippen molar-refractivity contribution in [1.29, 1.82) is 0 Å². The second-order valence-corrected chi connectivity index (χ2v) is 29.0. The van der Waals surface area contributed by atoms with Crippen molar-refractivity contribution in [2.24, 2.45) is 55.1 Å². The van der Waals surface area contributed by atoms with Gasteiger partial charge in [0.05, 0.1) is 22.4 Å². The number of carbonyl (C=O) groups excluding carboxylic acids is 2. The first-order chi connectivity index (χ1) is 26.3. The van der Waals surface area contributed by atoms with Gasteiger partial charge >= 0.3 is 0 Å². The van der Waals surface area contributed by atoms with Gasteiger partial charge in [-0.05, 0) is 168 Å². The van der Waals surface area contributed by atoms with Crippen LogP contribution in [0.3, 0.4) is 0 Å². The fourth-order valence-electron chi connectivity index (χ4n) is 12.4. The van der Waals surface area contributed by atoms with E-state index >= 15 is 0 Å². The molecule has 364 valence electrons. The first-order valence-corrected chi connectivity index (χ1v) is 23.5. The molecule has 0 rings (SSSR count). The van der Waals surface area contributed by atoms with Crippen LogP contribution in [-0.4, -0.2) is 76.4 Å². The molecule has 0 radical (unpaired) electrons. The van der Waals surface area contributed by atoms with E-state index in [1.54, 1.807) is 0 Å². The maximum Gasteiger partial charge on any atom is 0.228 e. The second-order valence-electron chi connectivity index (χ2n) is 29.0. The summed E-state index contributed by atoms with van der Waals surface area (Å²) in [6.07, 6.45) is 5.35. The van der Waals surface area contributed by atoms with E-state index in [0.29, 0.717) is 32.6 Å². The smallest absolute Gasteiger partial charge is 0.228 e. The molecule has 0 aliphatic rings. The molecule has 0 heterocycles. The molecule has 0 aromatic rings. The molecule has 0 atom stereocenters. The Morgan fingerprint density at radius 3 is 1.10 bits per heavy atom. The van der Waals surface area contributed by atoms with Crippen LogP contribution in [0.1, 0.15) is 225 Å². The zero-order valence-electron chi connectivity index (χ0n) is 45.6. The summed E-state index contributed by atoms with van der Waals surface area (Å²) < 4.78 is 13.9. The SMILES string of the molecule is CC(C)(N)CC(C)(C)CN(CC(C)(C)CN)C(=O)C(C)(C)CC(C)(C)C(=O)NC(C)(C)CC(C)(C)CC(C)(C)OC(C)(C)CC(C)(C)CC(C)(C)OC(C)(C)CC(C)(C)CN. The molecular formula is C52H107N5O4. The molecule has 2 amide bonds. The topological polar surface area (TPSA) is 146 Å². The number of nitrogens with one attached hydrogen (secondary N) is 1. The molecule has 0 unspecified atom stereocenters. The zero-order chi connectivity index (χ0) is 49.1. The van der Waals surface area contributed by atoms with Gasteiger partial charge in [0.1, 0.15) is 0 Å². The van der Waals surface area contributed by atoms with Crippen LogP contribution in [-0.2, 0) is 19.1 Å². The fraction of sp³-hybridized carbons (Fsp3) is 0.962. The van der Waals surface area contributed by atoms with Gasteiger partial charge in [0.15, 0.2) is 0 Å². The van der Waals surface area contributed by atoms with Crippen LogP contribution >= 0.6 is 0 Å². The van der Waals surface area contributed by atoms with Crippen molar-refractivity contribution in [3.8, 4) is 0 Å². The van der Waals surface area contributed by atoms with Gasteiger partial charge in [-0.1, -0.05) is 96.9 Å². The number of hydrogen-bond acceptors (Lipinski definition) is 7. The Hall–Kier alpha value is -1.26. The number of nitrogens with two attached hydrogens (primary N) is 3. The fourth-order valence-corrected chi connectivity index (χ4v) is 12.4. The lowest BCUT2D eigenvalue weighted by Gasteiger charge is -2.47. The number of amides is 2. The number of carbonyl (C=O) groups is 2. The lowest BCUT2D eigenvalue weighted by molar-refractivity contribution is -0.171. The molecule has 0 aliphatic carbocycles. The highest BCUT2D eigenvalue weighted by Gasteiger charge is 2.46. The minimum absolute atomic E-state index is 0.00654. The van der Waals surface area contributed by atoms with Crippen molar-refractivity contribution in [2.75, 3.05) is 26.2 Å². The Bertz CT molecular complexity index is 1420. The third-order valence-corrected chi connectivity index (χ3v) is 11.7. The first-order valence-electron chi connectivity index (χ1n) is 23.5. The maximum atomic E-state index is 14.5. The van der Waals surface area contributed by atoms with Gasteiger partial charge in [0.2, 0.25) is 11.8 Å². The van der Waals surface area contributed by atoms with Crippen molar-refractivity contribution >= 4 is 11.8 Å². The number of hydrogen-bond donors (Lipinski definition) is 4. The van der Waals surface area contributed by atoms with Crippen LogP contribution < -0.4 is 22.5 Å². The molecule has 0 saturated carbocycles. The summed E-state index contributed by atoms with van der Waals surface area (Å²) in [4.78, 5) is 30.8. The van der Waals surface area contributed by atoms with Crippen LogP contribution in [0.4, 0.5) is 0 Å². The maximum absolute atomic E-state index is 14.5. The molecule has 0 aromatic carbocycles. The van der Waals surface area contributed by atoms with E-state index in [2.05, 4.69) is 144 Å². The molecule has 0 fully saturated rings. The van der Waals surface area contributed by atoms with Gasteiger partial charge in [0.25, 0.3) is 0 Å². The summed E-state index contributed by atoms with van der Waals surface area (Å²) in [5.74, 6) is -0.0133. The van der Waals surface area contributed by atoms with Crippen molar-refractivity contribution in [2.45, 2.75) is 258 Å². The van der Waals surface area contributed by atoms with Gasteiger partial charge < -0.3 is 36.9 Å². The minimum Gasteiger partial charge on any atom is -0.370 e. The van der Waals surface area contributed by atoms with Crippen LogP contribution in [0.5, 0.6) is 0 Å². The van der Waals surface area contributed by atoms with E-state index in [1.807, 2.05) is 46.4 Å². The predicted octanol–water partition coefficient (Wildman–Crippen LogP) is 11.4. The lowest BCUT2D eigenvalue weighted by Crippen LogP contribution is -2.54. The highest BCUT2D eigenvalue weighted by Crippen LogP contribution is 2.45. The molecule has 9 nitrogen and oxygen atoms in total. The quantitative estimate of drug-likeness (QED) is 0.0643. The van der Waals surface area contributed by atoms with Gasteiger partial charge in [-0.15, -0.1) is 0 Å². The molecule has 0 aliphatic heterocycles. The minimum atomic E-state index is -0.806. The Morgan fingerprint density at radius 2 is 0.754 bits per heavy atom. The third-order valence-electron chi connectivity index (χ3n) is 11.7. The third kappa shape index (κ3) is 23.5. The van der Waals surface area contributed by atoms with Crippen LogP contribution in [0, 0.1) is 37.9 Å². The molecule has 9 heteroatoms. The Morgan fingerprint density at radius 1 is 0.426 bits per heavy atom. The monoisotopic (exact) mass is 866 g/mol. The molecule has 0 spiro atoms. The Kier molecular flexibility index (Phi) is 19.3. The Labute approximate surface area is 379 Å². The van der Waals surface area contributed by atoms with E-state index < -0.39 is 22.0 Å². The largest absolute Gasteiger partial charge is 0.370 e. The lowest BCUT2D eigenvalue weighted by atomic mass is 9.71. The summed E-state index contributed by atoms with van der Waals surface area (Å²) >= 11 is 0. The average molecular weight is 866 g/mol. The predicted molar refractivity (Wildman–Crippen MR) is 262 cm³/mol. The summed E-state index contributed by atoms with van der Waals surface area (Å²) in [5.41, 5.74) is 14.1. The molecule has 0 saturated heterocycles. The van der Waals surface area contributed by atoms with Crippen LogP contribution in [0.25, 0.3) is 0 Å². The highest BCUT2D eigenvalue weighted by molar-refractivity contribution is 5.86. The van der Waals surface area contributed by atoms with Gasteiger partial charge in [0, 0.05) is 35.0 Å². The standard InChI is InChI=1S/C52H107N5O4/c1-40(2,29-49(19,20)60-50(21,22)30-41(3,4)31-51(23,24)61-52(25,26)32-42(5,6)34-53)28-48(17,18)56-38(58)45(11,12)33-46(13,14)39(59)57(37-44(9,10)35-54)36-43(7,8)27-47(15,16)55/h27-37,53-55H2,1-26H3,(H,56,58). The van der Waals surface area contributed by atoms with Crippen molar-refractivity contribution in [3.05, 3.63) is 0 Å². The molecule has 0 aromatic heterocycles. The second kappa shape index (κ2) is 19.7. The summed E-state index contributed by atoms with van der Waals surface area (Å²) in [6.45, 7) is 58.1. The number of ether oxygens (including phenoxy) is 2. The van der Waals surface area contributed by atoms with Gasteiger partial charge in [-0.2, -0.15) is 0 Å². The zero-order valence-corrected chi connectivity index (χ0v) is 45.6. The van der Waals surface area contributed by atoms with E-state index in [1.165, 1.54) is 0 Å². The summed E-state index contributed by atoms with van der Waals surface area (Å²) in [5, 5.41) is 3.42. The highest BCUT2D eigenvalue weighted by atomic mass is 16.5. The normalized spacial score (nSPS) is 15.3. The number of nitrogens with zero attached hydrogens (tertiary/aromatic N) is 1. The van der Waals surface area contributed by atoms with Crippen LogP contribution in [0.2, 0.25) is 0 Å². The van der Waals surface area contributed by atoms with Gasteiger partial charge in [-0.25, -0.2) is 0 Å². The molecule has 7 N–H and O–H groups in total. The van der Waals surface area contributed by atoms with Crippen molar-refractivity contribution in [1.82, 2.24) is 10.2 Å². The van der Waals surface area contributed by atoms with Gasteiger partial charge in [-0.3, -0.25) is 9.59 Å². The summed E-state index contributed by atoms with van der Waals surface area (Å²) in [6, 6.07) is 0. The first kappa shape index (κ1) is 59.7. The van der Waals surface area contributed by atoms with E-state index in [4.69, 9.17) is 26.7 Å². The van der Waals surface area contributed by atoms with Crippen LogP contribution in [0.15, 0.2) is 0 Å². The van der Waals surface area contributed by atoms with E-state index in [-0.39, 0.29) is 61.2 Å². The molecular weight excluding hydrogens is 759 g/mol. The van der Waals surface area contributed by atoms with E-state index in [0.717, 1.165) is 38.5 Å². The number of rotatable bonds is 27. The van der Waals surface area contributed by atoms with Crippen molar-refractivity contribution < 1.29 is 19.1 Å².